The van der Waals surface area contributed by atoms with Crippen molar-refractivity contribution in [2.75, 3.05) is 0 Å². The molecule has 23 heavy (non-hydrogen) atoms. The van der Waals surface area contributed by atoms with Crippen LogP contribution in [-0.4, -0.2) is 0 Å². The Morgan fingerprint density at radius 1 is 0.826 bits per heavy atom. The number of benzene rings is 1. The Bertz CT molecular complexity index is 533. The summed E-state index contributed by atoms with van der Waals surface area (Å²) < 4.78 is 26.5. The normalized spacial score (nSPS) is 32.3. The molecule has 0 nitrogen and oxygen atoms in total. The van der Waals surface area contributed by atoms with E-state index in [0.29, 0.717) is 5.92 Å². The number of hydrogen-bond acceptors (Lipinski definition) is 0. The molecule has 3 rings (SSSR count). The summed E-state index contributed by atoms with van der Waals surface area (Å²) in [6, 6.07) is 4.45. The van der Waals surface area contributed by atoms with Gasteiger partial charge in [-0.2, -0.15) is 0 Å². The highest BCUT2D eigenvalue weighted by molar-refractivity contribution is 5.22. The van der Waals surface area contributed by atoms with Crippen molar-refractivity contribution < 1.29 is 8.78 Å². The number of hydrogen-bond donors (Lipinski definition) is 0. The molecule has 2 aliphatic carbocycles. The number of allylic oxidation sites excluding steroid dienone is 2. The highest BCUT2D eigenvalue weighted by Gasteiger charge is 2.30. The highest BCUT2D eigenvalue weighted by atomic mass is 19.2. The van der Waals surface area contributed by atoms with Gasteiger partial charge in [0.05, 0.1) is 0 Å². The second-order valence-electron chi connectivity index (χ2n) is 7.49. The van der Waals surface area contributed by atoms with Crippen molar-refractivity contribution in [3.8, 4) is 0 Å². The molecular weight excluding hydrogens is 290 g/mol. The van der Waals surface area contributed by atoms with E-state index >= 15 is 0 Å². The summed E-state index contributed by atoms with van der Waals surface area (Å²) in [6.45, 7) is 2.12. The van der Waals surface area contributed by atoms with Crippen LogP contribution in [0.4, 0.5) is 8.78 Å². The summed E-state index contributed by atoms with van der Waals surface area (Å²) in [5.74, 6) is 1.52. The molecule has 126 valence electrons. The Hall–Kier alpha value is -1.18. The van der Waals surface area contributed by atoms with Crippen molar-refractivity contribution in [1.29, 1.82) is 0 Å². The van der Waals surface area contributed by atoms with Gasteiger partial charge in [-0.15, -0.1) is 0 Å². The van der Waals surface area contributed by atoms with Crippen molar-refractivity contribution >= 4 is 0 Å². The van der Waals surface area contributed by atoms with Crippen LogP contribution in [0.25, 0.3) is 0 Å². The fourth-order valence-corrected chi connectivity index (χ4v) is 4.77. The van der Waals surface area contributed by atoms with Crippen molar-refractivity contribution in [3.63, 3.8) is 0 Å². The van der Waals surface area contributed by atoms with E-state index < -0.39 is 11.6 Å². The van der Waals surface area contributed by atoms with Crippen molar-refractivity contribution in [2.45, 2.75) is 64.2 Å². The van der Waals surface area contributed by atoms with E-state index in [1.165, 1.54) is 50.7 Å². The maximum absolute atomic E-state index is 13.4. The summed E-state index contributed by atoms with van der Waals surface area (Å²) in [5, 5.41) is 0. The van der Waals surface area contributed by atoms with E-state index in [9.17, 15) is 8.78 Å². The summed E-state index contributed by atoms with van der Waals surface area (Å²) in [5.41, 5.74) is 0.985. The van der Waals surface area contributed by atoms with Gasteiger partial charge in [-0.05, 0) is 99.7 Å². The molecule has 2 fully saturated rings. The van der Waals surface area contributed by atoms with Gasteiger partial charge in [-0.1, -0.05) is 18.2 Å². The van der Waals surface area contributed by atoms with Gasteiger partial charge in [0.25, 0.3) is 0 Å². The molecule has 0 N–H and O–H groups in total. The van der Waals surface area contributed by atoms with Gasteiger partial charge in [-0.25, -0.2) is 8.78 Å². The van der Waals surface area contributed by atoms with Crippen molar-refractivity contribution in [1.82, 2.24) is 0 Å². The SMILES string of the molecule is C/C=C\C1CCC(C2CCC(c3ccc(F)c(F)c3)CC2)CC1. The zero-order chi connectivity index (χ0) is 16.2. The van der Waals surface area contributed by atoms with E-state index in [1.807, 2.05) is 0 Å². The first-order valence-electron chi connectivity index (χ1n) is 9.25. The van der Waals surface area contributed by atoms with E-state index in [1.54, 1.807) is 6.07 Å². The molecule has 1 aromatic rings. The first kappa shape index (κ1) is 16.7. The summed E-state index contributed by atoms with van der Waals surface area (Å²) in [4.78, 5) is 0. The van der Waals surface area contributed by atoms with Gasteiger partial charge >= 0.3 is 0 Å². The monoisotopic (exact) mass is 318 g/mol. The lowest BCUT2D eigenvalue weighted by molar-refractivity contribution is 0.171. The third-order valence-corrected chi connectivity index (χ3v) is 6.13. The lowest BCUT2D eigenvalue weighted by Crippen LogP contribution is -2.25. The molecule has 2 heteroatoms. The van der Waals surface area contributed by atoms with E-state index in [4.69, 9.17) is 0 Å². The predicted octanol–water partition coefficient (Wildman–Crippen LogP) is 6.62. The fourth-order valence-electron chi connectivity index (χ4n) is 4.77. The van der Waals surface area contributed by atoms with Gasteiger partial charge in [0, 0.05) is 0 Å². The average molecular weight is 318 g/mol. The van der Waals surface area contributed by atoms with Gasteiger partial charge in [0.1, 0.15) is 0 Å². The zero-order valence-corrected chi connectivity index (χ0v) is 14.1. The molecule has 2 saturated carbocycles. The molecule has 0 saturated heterocycles. The molecule has 0 spiro atoms. The minimum atomic E-state index is -0.736. The van der Waals surface area contributed by atoms with Crippen LogP contribution in [0, 0.1) is 29.4 Å². The van der Waals surface area contributed by atoms with E-state index in [0.717, 1.165) is 36.2 Å². The van der Waals surface area contributed by atoms with Crippen LogP contribution in [0.5, 0.6) is 0 Å². The summed E-state index contributed by atoms with van der Waals surface area (Å²) in [7, 11) is 0. The molecule has 0 heterocycles. The Morgan fingerprint density at radius 3 is 2.00 bits per heavy atom. The van der Waals surface area contributed by atoms with Crippen LogP contribution >= 0.6 is 0 Å². The van der Waals surface area contributed by atoms with Crippen LogP contribution in [-0.2, 0) is 0 Å². The minimum Gasteiger partial charge on any atom is -0.204 e. The summed E-state index contributed by atoms with van der Waals surface area (Å²) >= 11 is 0. The standard InChI is InChI=1S/C21H28F2/c1-2-3-15-4-6-16(7-5-15)17-8-10-18(11-9-17)19-12-13-20(22)21(23)14-19/h2-3,12-18H,4-11H2,1H3/b3-2-. The van der Waals surface area contributed by atoms with E-state index in [2.05, 4.69) is 19.1 Å². The second-order valence-corrected chi connectivity index (χ2v) is 7.49. The number of halogens is 2. The molecule has 0 aliphatic heterocycles. The molecule has 0 bridgehead atoms. The molecule has 0 unspecified atom stereocenters. The molecule has 0 amide bonds. The van der Waals surface area contributed by atoms with Gasteiger partial charge in [0.15, 0.2) is 11.6 Å². The maximum Gasteiger partial charge on any atom is 0.159 e. The first-order chi connectivity index (χ1) is 11.2. The quantitative estimate of drug-likeness (QED) is 0.549. The Kier molecular flexibility index (Phi) is 5.50. The molecule has 0 aromatic heterocycles. The third kappa shape index (κ3) is 4.02. The average Bonchev–Trinajstić information content (AvgIpc) is 2.59. The van der Waals surface area contributed by atoms with Crippen LogP contribution in [0.3, 0.4) is 0 Å². The molecular formula is C21H28F2. The first-order valence-corrected chi connectivity index (χ1v) is 9.25. The molecule has 0 atom stereocenters. The second kappa shape index (κ2) is 7.59. The minimum absolute atomic E-state index is 0.417. The predicted molar refractivity (Wildman–Crippen MR) is 91.3 cm³/mol. The van der Waals surface area contributed by atoms with Crippen molar-refractivity contribution in [3.05, 3.63) is 47.5 Å². The van der Waals surface area contributed by atoms with Crippen LogP contribution < -0.4 is 0 Å². The lowest BCUT2D eigenvalue weighted by Gasteiger charge is -2.37. The largest absolute Gasteiger partial charge is 0.204 e. The highest BCUT2D eigenvalue weighted by Crippen LogP contribution is 2.44. The Balaban J connectivity index is 1.51. The zero-order valence-electron chi connectivity index (χ0n) is 14.1. The maximum atomic E-state index is 13.4. The molecule has 1 aromatic carbocycles. The van der Waals surface area contributed by atoms with Crippen molar-refractivity contribution in [2.24, 2.45) is 17.8 Å². The Labute approximate surface area is 139 Å². The van der Waals surface area contributed by atoms with Gasteiger partial charge in [0.2, 0.25) is 0 Å². The third-order valence-electron chi connectivity index (χ3n) is 6.13. The van der Waals surface area contributed by atoms with Gasteiger partial charge in [-0.3, -0.25) is 0 Å². The molecule has 2 aliphatic rings. The fraction of sp³-hybridized carbons (Fsp3) is 0.619. The van der Waals surface area contributed by atoms with Crippen LogP contribution in [0.1, 0.15) is 69.8 Å². The van der Waals surface area contributed by atoms with Crippen LogP contribution in [0.2, 0.25) is 0 Å². The van der Waals surface area contributed by atoms with Gasteiger partial charge < -0.3 is 0 Å². The van der Waals surface area contributed by atoms with E-state index in [-0.39, 0.29) is 0 Å². The number of rotatable bonds is 3. The Morgan fingerprint density at radius 2 is 1.43 bits per heavy atom. The topological polar surface area (TPSA) is 0 Å². The molecule has 0 radical (unpaired) electrons. The van der Waals surface area contributed by atoms with Crippen LogP contribution in [0.15, 0.2) is 30.4 Å². The smallest absolute Gasteiger partial charge is 0.159 e. The summed E-state index contributed by atoms with van der Waals surface area (Å²) in [6.07, 6.45) is 14.8. The lowest BCUT2D eigenvalue weighted by atomic mass is 9.68.